The van der Waals surface area contributed by atoms with Gasteiger partial charge in [-0.2, -0.15) is 11.8 Å². The van der Waals surface area contributed by atoms with Gasteiger partial charge >= 0.3 is 5.97 Å². The third kappa shape index (κ3) is 3.19. The molecule has 76 valence electrons. The van der Waals surface area contributed by atoms with Crippen molar-refractivity contribution in [3.8, 4) is 0 Å². The predicted molar refractivity (Wildman–Crippen MR) is 55.1 cm³/mol. The summed E-state index contributed by atoms with van der Waals surface area (Å²) in [5.74, 6) is 0.365. The van der Waals surface area contributed by atoms with Crippen molar-refractivity contribution in [3.05, 3.63) is 0 Å². The minimum atomic E-state index is -0.624. The molecule has 0 aromatic carbocycles. The number of hydrogen-bond donors (Lipinski definition) is 2. The maximum absolute atomic E-state index is 11.0. The van der Waals surface area contributed by atoms with E-state index in [1.54, 1.807) is 11.8 Å². The summed E-state index contributed by atoms with van der Waals surface area (Å²) in [6, 6.07) is 0. The summed E-state index contributed by atoms with van der Waals surface area (Å²) in [4.78, 5) is 11.0. The van der Waals surface area contributed by atoms with Crippen LogP contribution < -0.4 is 5.32 Å². The fraction of sp³-hybridized carbons (Fsp3) is 0.889. The molecule has 1 aliphatic rings. The van der Waals surface area contributed by atoms with Crippen molar-refractivity contribution in [3.63, 3.8) is 0 Å². The molecule has 1 atom stereocenters. The fourth-order valence-corrected chi connectivity index (χ4v) is 2.61. The summed E-state index contributed by atoms with van der Waals surface area (Å²) in [5.41, 5.74) is 0. The third-order valence-electron chi connectivity index (χ3n) is 2.62. The summed E-state index contributed by atoms with van der Waals surface area (Å²) in [7, 11) is 0. The molecule has 0 radical (unpaired) electrons. The van der Waals surface area contributed by atoms with E-state index in [0.29, 0.717) is 5.92 Å². The van der Waals surface area contributed by atoms with Gasteiger partial charge in [-0.3, -0.25) is 4.79 Å². The quantitative estimate of drug-likeness (QED) is 0.717. The topological polar surface area (TPSA) is 49.3 Å². The zero-order valence-corrected chi connectivity index (χ0v) is 8.77. The van der Waals surface area contributed by atoms with Crippen LogP contribution in [0, 0.1) is 11.8 Å². The second-order valence-corrected chi connectivity index (χ2v) is 4.40. The van der Waals surface area contributed by atoms with Gasteiger partial charge in [0.05, 0.1) is 5.92 Å². The smallest absolute Gasteiger partial charge is 0.307 e. The van der Waals surface area contributed by atoms with E-state index in [9.17, 15) is 4.79 Å². The zero-order chi connectivity index (χ0) is 9.68. The molecule has 0 aromatic heterocycles. The van der Waals surface area contributed by atoms with E-state index < -0.39 is 5.97 Å². The lowest BCUT2D eigenvalue weighted by atomic mass is 9.86. The van der Waals surface area contributed by atoms with Gasteiger partial charge in [0.2, 0.25) is 0 Å². The maximum atomic E-state index is 11.0. The van der Waals surface area contributed by atoms with Crippen LogP contribution in [0.15, 0.2) is 0 Å². The molecule has 13 heavy (non-hydrogen) atoms. The number of hydrogen-bond acceptors (Lipinski definition) is 3. The first-order chi connectivity index (χ1) is 6.25. The summed E-state index contributed by atoms with van der Waals surface area (Å²) < 4.78 is 0. The Hall–Kier alpha value is -0.220. The van der Waals surface area contributed by atoms with Crippen molar-refractivity contribution >= 4 is 17.7 Å². The molecule has 1 fully saturated rings. The number of nitrogens with one attached hydrogen (secondary N) is 1. The molecule has 2 N–H and O–H groups in total. The molecule has 0 amide bonds. The first-order valence-electron chi connectivity index (χ1n) is 4.68. The minimum absolute atomic E-state index is 0.142. The molecule has 0 aromatic rings. The van der Waals surface area contributed by atoms with E-state index in [-0.39, 0.29) is 5.92 Å². The van der Waals surface area contributed by atoms with Crippen LogP contribution in [-0.4, -0.2) is 36.2 Å². The largest absolute Gasteiger partial charge is 0.481 e. The number of carbonyl (C=O) groups is 1. The number of piperidine rings is 1. The van der Waals surface area contributed by atoms with Gasteiger partial charge in [0.1, 0.15) is 0 Å². The Bertz CT molecular complexity index is 169. The summed E-state index contributed by atoms with van der Waals surface area (Å²) in [6.45, 7) is 1.95. The van der Waals surface area contributed by atoms with Crippen molar-refractivity contribution in [2.24, 2.45) is 11.8 Å². The van der Waals surface area contributed by atoms with Crippen LogP contribution in [0.4, 0.5) is 0 Å². The highest BCUT2D eigenvalue weighted by atomic mass is 32.2. The van der Waals surface area contributed by atoms with E-state index in [2.05, 4.69) is 5.32 Å². The Morgan fingerprint density at radius 1 is 1.62 bits per heavy atom. The Morgan fingerprint density at radius 3 is 2.69 bits per heavy atom. The number of carboxylic acids is 1. The van der Waals surface area contributed by atoms with E-state index >= 15 is 0 Å². The second kappa shape index (κ2) is 5.50. The fourth-order valence-electron chi connectivity index (χ4n) is 1.84. The number of rotatable bonds is 4. The molecular formula is C9H17NO2S. The van der Waals surface area contributed by atoms with Crippen LogP contribution in [-0.2, 0) is 4.79 Å². The average molecular weight is 203 g/mol. The highest BCUT2D eigenvalue weighted by Crippen LogP contribution is 2.24. The lowest BCUT2D eigenvalue weighted by molar-refractivity contribution is -0.143. The molecule has 1 rings (SSSR count). The first kappa shape index (κ1) is 10.9. The number of carboxylic acid groups (broad SMARTS) is 1. The monoisotopic (exact) mass is 203 g/mol. The van der Waals surface area contributed by atoms with Gasteiger partial charge in [-0.15, -0.1) is 0 Å². The second-order valence-electron chi connectivity index (χ2n) is 3.49. The van der Waals surface area contributed by atoms with Gasteiger partial charge in [-0.1, -0.05) is 0 Å². The Morgan fingerprint density at radius 2 is 2.23 bits per heavy atom. The molecule has 0 spiro atoms. The normalized spacial score (nSPS) is 21.3. The van der Waals surface area contributed by atoms with Gasteiger partial charge in [0.15, 0.2) is 0 Å². The molecule has 0 saturated carbocycles. The Labute approximate surface area is 83.3 Å². The van der Waals surface area contributed by atoms with Gasteiger partial charge in [0.25, 0.3) is 0 Å². The maximum Gasteiger partial charge on any atom is 0.307 e. The van der Waals surface area contributed by atoms with Crippen molar-refractivity contribution < 1.29 is 9.90 Å². The zero-order valence-electron chi connectivity index (χ0n) is 7.95. The summed E-state index contributed by atoms with van der Waals surface area (Å²) >= 11 is 1.63. The van der Waals surface area contributed by atoms with E-state index in [4.69, 9.17) is 5.11 Å². The predicted octanol–water partition coefficient (Wildman–Crippen LogP) is 1.05. The van der Waals surface area contributed by atoms with Crippen molar-refractivity contribution in [1.29, 1.82) is 0 Å². The summed E-state index contributed by atoms with van der Waals surface area (Å²) in [6.07, 6.45) is 3.99. The standard InChI is InChI=1S/C9H17NO2S/c1-13-6-8(9(11)12)7-2-4-10-5-3-7/h7-8,10H,2-6H2,1H3,(H,11,12). The molecule has 0 aliphatic carbocycles. The van der Waals surface area contributed by atoms with E-state index in [1.165, 1.54) is 0 Å². The molecule has 4 heteroatoms. The molecule has 1 unspecified atom stereocenters. The van der Waals surface area contributed by atoms with Crippen LogP contribution in [0.3, 0.4) is 0 Å². The highest BCUT2D eigenvalue weighted by molar-refractivity contribution is 7.98. The van der Waals surface area contributed by atoms with Crippen LogP contribution in [0.1, 0.15) is 12.8 Å². The van der Waals surface area contributed by atoms with Gasteiger partial charge in [0, 0.05) is 5.75 Å². The third-order valence-corrected chi connectivity index (χ3v) is 3.31. The molecule has 1 aliphatic heterocycles. The van der Waals surface area contributed by atoms with Crippen LogP contribution in [0.2, 0.25) is 0 Å². The van der Waals surface area contributed by atoms with Gasteiger partial charge in [-0.05, 0) is 38.1 Å². The van der Waals surface area contributed by atoms with E-state index in [0.717, 1.165) is 31.7 Å². The first-order valence-corrected chi connectivity index (χ1v) is 6.07. The molecule has 0 bridgehead atoms. The van der Waals surface area contributed by atoms with Crippen LogP contribution in [0.5, 0.6) is 0 Å². The lowest BCUT2D eigenvalue weighted by Gasteiger charge is -2.27. The van der Waals surface area contributed by atoms with E-state index in [1.807, 2.05) is 6.26 Å². The Balaban J connectivity index is 2.46. The van der Waals surface area contributed by atoms with Gasteiger partial charge < -0.3 is 10.4 Å². The molecule has 3 nitrogen and oxygen atoms in total. The average Bonchev–Trinajstić information content (AvgIpc) is 2.15. The van der Waals surface area contributed by atoms with Crippen molar-refractivity contribution in [2.45, 2.75) is 12.8 Å². The van der Waals surface area contributed by atoms with Crippen LogP contribution in [0.25, 0.3) is 0 Å². The van der Waals surface area contributed by atoms with Gasteiger partial charge in [-0.25, -0.2) is 0 Å². The molecule has 1 saturated heterocycles. The highest BCUT2D eigenvalue weighted by Gasteiger charge is 2.28. The number of aliphatic carboxylic acids is 1. The van der Waals surface area contributed by atoms with Crippen LogP contribution >= 0.6 is 11.8 Å². The summed E-state index contributed by atoms with van der Waals surface area (Å²) in [5, 5.41) is 12.3. The van der Waals surface area contributed by atoms with Crippen molar-refractivity contribution in [2.75, 3.05) is 25.1 Å². The molecular weight excluding hydrogens is 186 g/mol. The minimum Gasteiger partial charge on any atom is -0.481 e. The lowest BCUT2D eigenvalue weighted by Crippen LogP contribution is -2.35. The molecule has 1 heterocycles. The SMILES string of the molecule is CSCC(C(=O)O)C1CCNCC1. The van der Waals surface area contributed by atoms with Crippen molar-refractivity contribution in [1.82, 2.24) is 5.32 Å². The Kier molecular flexibility index (Phi) is 4.59. The number of thioether (sulfide) groups is 1.